The molecule has 0 N–H and O–H groups in total. The van der Waals surface area contributed by atoms with Gasteiger partial charge in [-0.25, -0.2) is 0 Å². The lowest BCUT2D eigenvalue weighted by Gasteiger charge is -2.11. The molecule has 0 fully saturated rings. The summed E-state index contributed by atoms with van der Waals surface area (Å²) in [7, 11) is -1.14. The van der Waals surface area contributed by atoms with E-state index in [-0.39, 0.29) is 12.1 Å². The molecule has 0 aliphatic heterocycles. The molecule has 0 aliphatic rings. The van der Waals surface area contributed by atoms with Crippen LogP contribution in [0.5, 0.6) is 0 Å². The zero-order chi connectivity index (χ0) is 9.78. The molecule has 0 amide bonds. The van der Waals surface area contributed by atoms with Gasteiger partial charge in [-0.3, -0.25) is 4.79 Å². The monoisotopic (exact) mass is 186 g/mol. The van der Waals surface area contributed by atoms with Gasteiger partial charge in [-0.1, -0.05) is 31.4 Å². The van der Waals surface area contributed by atoms with Gasteiger partial charge in [0, 0.05) is 6.92 Å². The Kier molecular flexibility index (Phi) is 4.24. The second-order valence-electron chi connectivity index (χ2n) is 4.04. The zero-order valence-corrected chi connectivity index (χ0v) is 9.55. The molecule has 1 atom stereocenters. The summed E-state index contributed by atoms with van der Waals surface area (Å²) in [5.74, 6) is -0.220. The zero-order valence-electron chi connectivity index (χ0n) is 8.55. The number of hydrogen-bond acceptors (Lipinski definition) is 2. The second-order valence-corrected chi connectivity index (χ2v) is 9.11. The van der Waals surface area contributed by atoms with Crippen LogP contribution in [0.15, 0.2) is 11.8 Å². The molecule has 0 heterocycles. The van der Waals surface area contributed by atoms with Gasteiger partial charge in [0.05, 0.1) is 8.07 Å². The van der Waals surface area contributed by atoms with Crippen molar-refractivity contribution in [1.82, 2.24) is 0 Å². The highest BCUT2D eigenvalue weighted by Gasteiger charge is 2.08. The molecule has 0 spiro atoms. The van der Waals surface area contributed by atoms with Crippen molar-refractivity contribution >= 4 is 14.0 Å². The topological polar surface area (TPSA) is 26.3 Å². The Bertz CT molecular complexity index is 179. The van der Waals surface area contributed by atoms with Crippen LogP contribution in [0, 0.1) is 0 Å². The average molecular weight is 186 g/mol. The first kappa shape index (κ1) is 11.4. The van der Waals surface area contributed by atoms with Gasteiger partial charge in [-0.05, 0) is 6.92 Å². The van der Waals surface area contributed by atoms with Crippen molar-refractivity contribution in [2.24, 2.45) is 0 Å². The Morgan fingerprint density at radius 2 is 1.92 bits per heavy atom. The number of ether oxygens (including phenoxy) is 1. The van der Waals surface area contributed by atoms with E-state index in [1.807, 2.05) is 13.0 Å². The smallest absolute Gasteiger partial charge is 0.303 e. The number of carbonyl (C=O) groups is 1. The van der Waals surface area contributed by atoms with Crippen molar-refractivity contribution in [3.63, 3.8) is 0 Å². The maximum atomic E-state index is 10.5. The van der Waals surface area contributed by atoms with E-state index in [4.69, 9.17) is 4.74 Å². The lowest BCUT2D eigenvalue weighted by atomic mass is 10.4. The molecule has 2 nitrogen and oxygen atoms in total. The standard InChI is InChI=1S/C9H18O2Si/c1-8(11-9(2)10)6-7-12(3,4)5/h6-8H,1-5H3/b7-6+/t8-/m1/s1. The first-order valence-corrected chi connectivity index (χ1v) is 7.75. The number of rotatable bonds is 3. The third-order valence-corrected chi connectivity index (χ3v) is 2.41. The summed E-state index contributed by atoms with van der Waals surface area (Å²) in [5, 5.41) is 0. The van der Waals surface area contributed by atoms with Gasteiger partial charge in [0.25, 0.3) is 0 Å². The summed E-state index contributed by atoms with van der Waals surface area (Å²) in [6, 6.07) is 0. The summed E-state index contributed by atoms with van der Waals surface area (Å²) < 4.78 is 4.94. The van der Waals surface area contributed by atoms with Crippen LogP contribution < -0.4 is 0 Å². The molecule has 12 heavy (non-hydrogen) atoms. The van der Waals surface area contributed by atoms with Crippen molar-refractivity contribution in [2.45, 2.75) is 39.6 Å². The molecule has 0 unspecified atom stereocenters. The molecule has 3 heteroatoms. The van der Waals surface area contributed by atoms with E-state index in [1.165, 1.54) is 6.92 Å². The van der Waals surface area contributed by atoms with Crippen molar-refractivity contribution in [1.29, 1.82) is 0 Å². The predicted octanol–water partition coefficient (Wildman–Crippen LogP) is 2.37. The maximum absolute atomic E-state index is 10.5. The lowest BCUT2D eigenvalue weighted by Crippen LogP contribution is -2.18. The first-order chi connectivity index (χ1) is 5.31. The van der Waals surface area contributed by atoms with Crippen LogP contribution in [0.3, 0.4) is 0 Å². The normalized spacial score (nSPS) is 14.8. The Morgan fingerprint density at radius 3 is 2.25 bits per heavy atom. The van der Waals surface area contributed by atoms with E-state index >= 15 is 0 Å². The fourth-order valence-electron chi connectivity index (χ4n) is 0.725. The van der Waals surface area contributed by atoms with Crippen LogP contribution in [0.4, 0.5) is 0 Å². The number of carbonyl (C=O) groups excluding carboxylic acids is 1. The Balaban J connectivity index is 3.91. The van der Waals surface area contributed by atoms with Crippen molar-refractivity contribution < 1.29 is 9.53 Å². The van der Waals surface area contributed by atoms with Crippen molar-refractivity contribution in [3.05, 3.63) is 11.8 Å². The molecular formula is C9H18O2Si. The predicted molar refractivity (Wildman–Crippen MR) is 53.7 cm³/mol. The van der Waals surface area contributed by atoms with Crippen molar-refractivity contribution in [3.8, 4) is 0 Å². The average Bonchev–Trinajstić information content (AvgIpc) is 1.80. The highest BCUT2D eigenvalue weighted by Crippen LogP contribution is 2.04. The quantitative estimate of drug-likeness (QED) is 0.499. The van der Waals surface area contributed by atoms with Gasteiger partial charge >= 0.3 is 5.97 Å². The summed E-state index contributed by atoms with van der Waals surface area (Å²) >= 11 is 0. The van der Waals surface area contributed by atoms with Crippen molar-refractivity contribution in [2.75, 3.05) is 0 Å². The molecule has 0 aromatic heterocycles. The molecule has 0 saturated carbocycles. The van der Waals surface area contributed by atoms with Gasteiger partial charge < -0.3 is 4.74 Å². The molecule has 0 radical (unpaired) electrons. The van der Waals surface area contributed by atoms with E-state index in [1.54, 1.807) is 0 Å². The molecule has 0 aliphatic carbocycles. The molecular weight excluding hydrogens is 168 g/mol. The highest BCUT2D eigenvalue weighted by atomic mass is 28.3. The Labute approximate surface area is 75.6 Å². The Hall–Kier alpha value is -0.573. The molecule has 0 rings (SSSR count). The van der Waals surface area contributed by atoms with E-state index in [9.17, 15) is 4.79 Å². The summed E-state index contributed by atoms with van der Waals surface area (Å²) in [6.45, 7) is 10.0. The minimum atomic E-state index is -1.14. The van der Waals surface area contributed by atoms with E-state index in [2.05, 4.69) is 25.3 Å². The molecule has 0 bridgehead atoms. The third kappa shape index (κ3) is 7.53. The number of hydrogen-bond donors (Lipinski definition) is 0. The van der Waals surface area contributed by atoms with Crippen LogP contribution in [0.1, 0.15) is 13.8 Å². The van der Waals surface area contributed by atoms with Crippen LogP contribution >= 0.6 is 0 Å². The fourth-order valence-corrected chi connectivity index (χ4v) is 1.57. The van der Waals surface area contributed by atoms with Gasteiger partial charge in [0.1, 0.15) is 6.10 Å². The van der Waals surface area contributed by atoms with Gasteiger partial charge in [0.2, 0.25) is 0 Å². The van der Waals surface area contributed by atoms with E-state index < -0.39 is 8.07 Å². The molecule has 0 aromatic rings. The Morgan fingerprint density at radius 1 is 1.42 bits per heavy atom. The van der Waals surface area contributed by atoms with Gasteiger partial charge in [-0.2, -0.15) is 0 Å². The van der Waals surface area contributed by atoms with E-state index in [0.29, 0.717) is 0 Å². The molecule has 70 valence electrons. The summed E-state index contributed by atoms with van der Waals surface area (Å²) in [4.78, 5) is 10.5. The maximum Gasteiger partial charge on any atom is 0.303 e. The van der Waals surface area contributed by atoms with Gasteiger partial charge in [0.15, 0.2) is 0 Å². The third-order valence-electron chi connectivity index (χ3n) is 1.22. The fraction of sp³-hybridized carbons (Fsp3) is 0.667. The minimum absolute atomic E-state index is 0.0887. The number of esters is 1. The van der Waals surface area contributed by atoms with Crippen LogP contribution in [0.2, 0.25) is 19.6 Å². The van der Waals surface area contributed by atoms with E-state index in [0.717, 1.165) is 0 Å². The SMILES string of the molecule is CC(=O)O[C@H](C)/C=C/[Si](C)(C)C. The largest absolute Gasteiger partial charge is 0.459 e. The molecule has 0 aromatic carbocycles. The van der Waals surface area contributed by atoms with Crippen LogP contribution in [-0.2, 0) is 9.53 Å². The summed E-state index contributed by atoms with van der Waals surface area (Å²) in [6.07, 6.45) is 1.88. The highest BCUT2D eigenvalue weighted by molar-refractivity contribution is 6.80. The summed E-state index contributed by atoms with van der Waals surface area (Å²) in [5.41, 5.74) is 2.18. The van der Waals surface area contributed by atoms with Crippen LogP contribution in [-0.4, -0.2) is 20.1 Å². The van der Waals surface area contributed by atoms with Gasteiger partial charge in [-0.15, -0.1) is 0 Å². The van der Waals surface area contributed by atoms with Crippen LogP contribution in [0.25, 0.3) is 0 Å². The lowest BCUT2D eigenvalue weighted by molar-refractivity contribution is -0.143. The second kappa shape index (κ2) is 4.45. The minimum Gasteiger partial charge on any atom is -0.459 e. The molecule has 0 saturated heterocycles. The first-order valence-electron chi connectivity index (χ1n) is 4.18.